The zero-order valence-electron chi connectivity index (χ0n) is 11.9. The largest absolute Gasteiger partial charge is 0.495 e. The van der Waals surface area contributed by atoms with Crippen molar-refractivity contribution in [3.63, 3.8) is 0 Å². The van der Waals surface area contributed by atoms with E-state index in [-0.39, 0.29) is 0 Å². The van der Waals surface area contributed by atoms with Crippen molar-refractivity contribution in [2.75, 3.05) is 7.11 Å². The van der Waals surface area contributed by atoms with Gasteiger partial charge in [0.25, 0.3) is 0 Å². The fourth-order valence-electron chi connectivity index (χ4n) is 2.37. The minimum atomic E-state index is 0.544. The van der Waals surface area contributed by atoms with Crippen LogP contribution in [0.2, 0.25) is 5.02 Å². The van der Waals surface area contributed by atoms with Crippen LogP contribution in [-0.4, -0.2) is 17.1 Å². The Balaban J connectivity index is 2.36. The van der Waals surface area contributed by atoms with Crippen LogP contribution in [0.15, 0.2) is 42.6 Å². The third-order valence-electron chi connectivity index (χ3n) is 3.46. The first-order valence-corrected chi connectivity index (χ1v) is 7.20. The first-order chi connectivity index (χ1) is 10.2. The standard InChI is InChI=1S/C17H15ClN2O/c1-3-11-10-13(14-6-4-5-9-19-14)12-7-8-15(21-2)16(18)17(12)20-11/h4-10H,3H2,1-2H3. The molecule has 0 amide bonds. The van der Waals surface area contributed by atoms with E-state index in [1.54, 1.807) is 13.3 Å². The second kappa shape index (κ2) is 5.70. The summed E-state index contributed by atoms with van der Waals surface area (Å²) in [4.78, 5) is 9.09. The van der Waals surface area contributed by atoms with Crippen molar-refractivity contribution >= 4 is 22.5 Å². The molecule has 1 aromatic carbocycles. The Morgan fingerprint density at radius 2 is 2.05 bits per heavy atom. The van der Waals surface area contributed by atoms with Crippen molar-refractivity contribution in [2.24, 2.45) is 0 Å². The summed E-state index contributed by atoms with van der Waals surface area (Å²) in [7, 11) is 1.61. The second-order valence-electron chi connectivity index (χ2n) is 4.71. The number of nitrogens with zero attached hydrogens (tertiary/aromatic N) is 2. The summed E-state index contributed by atoms with van der Waals surface area (Å²) in [5.74, 6) is 0.636. The number of fused-ring (bicyclic) bond motifs is 1. The van der Waals surface area contributed by atoms with E-state index >= 15 is 0 Å². The molecule has 2 aromatic heterocycles. The predicted molar refractivity (Wildman–Crippen MR) is 85.9 cm³/mol. The third kappa shape index (κ3) is 2.45. The van der Waals surface area contributed by atoms with Gasteiger partial charge in [-0.05, 0) is 36.8 Å². The Labute approximate surface area is 128 Å². The predicted octanol–water partition coefficient (Wildman–Crippen LogP) is 4.52. The van der Waals surface area contributed by atoms with Crippen LogP contribution in [0.3, 0.4) is 0 Å². The summed E-state index contributed by atoms with van der Waals surface area (Å²) in [6.45, 7) is 2.07. The Bertz CT molecular complexity index is 788. The molecule has 3 aromatic rings. The molecule has 0 aliphatic heterocycles. The van der Waals surface area contributed by atoms with Crippen LogP contribution in [0.5, 0.6) is 5.75 Å². The highest BCUT2D eigenvalue weighted by molar-refractivity contribution is 6.37. The molecular weight excluding hydrogens is 284 g/mol. The molecular formula is C17H15ClN2O. The monoisotopic (exact) mass is 298 g/mol. The van der Waals surface area contributed by atoms with E-state index in [1.807, 2.05) is 30.3 Å². The van der Waals surface area contributed by atoms with Crippen molar-refractivity contribution in [2.45, 2.75) is 13.3 Å². The van der Waals surface area contributed by atoms with Gasteiger partial charge < -0.3 is 4.74 Å². The number of aromatic nitrogens is 2. The summed E-state index contributed by atoms with van der Waals surface area (Å²) >= 11 is 6.42. The molecule has 106 valence electrons. The highest BCUT2D eigenvalue weighted by Crippen LogP contribution is 2.36. The van der Waals surface area contributed by atoms with Gasteiger partial charge in [0.1, 0.15) is 10.8 Å². The van der Waals surface area contributed by atoms with Gasteiger partial charge in [-0.15, -0.1) is 0 Å². The van der Waals surface area contributed by atoms with Gasteiger partial charge in [0.05, 0.1) is 18.3 Å². The van der Waals surface area contributed by atoms with Gasteiger partial charge in [-0.3, -0.25) is 9.97 Å². The van der Waals surface area contributed by atoms with E-state index in [1.165, 1.54) is 0 Å². The quantitative estimate of drug-likeness (QED) is 0.713. The van der Waals surface area contributed by atoms with Crippen LogP contribution in [0.4, 0.5) is 0 Å². The smallest absolute Gasteiger partial charge is 0.139 e. The van der Waals surface area contributed by atoms with Gasteiger partial charge in [0, 0.05) is 22.8 Å². The molecule has 3 nitrogen and oxygen atoms in total. The van der Waals surface area contributed by atoms with E-state index in [0.29, 0.717) is 10.8 Å². The zero-order valence-corrected chi connectivity index (χ0v) is 12.7. The number of aryl methyl sites for hydroxylation is 1. The van der Waals surface area contributed by atoms with E-state index < -0.39 is 0 Å². The molecule has 21 heavy (non-hydrogen) atoms. The lowest BCUT2D eigenvalue weighted by Crippen LogP contribution is -1.95. The SMILES string of the molecule is CCc1cc(-c2ccccn2)c2ccc(OC)c(Cl)c2n1. The average molecular weight is 299 g/mol. The molecule has 0 saturated heterocycles. The summed E-state index contributed by atoms with van der Waals surface area (Å²) < 4.78 is 5.28. The number of benzene rings is 1. The van der Waals surface area contributed by atoms with E-state index in [4.69, 9.17) is 16.3 Å². The Kier molecular flexibility index (Phi) is 3.76. The summed E-state index contributed by atoms with van der Waals surface area (Å²) in [6.07, 6.45) is 2.63. The van der Waals surface area contributed by atoms with Crippen molar-refractivity contribution in [1.82, 2.24) is 9.97 Å². The van der Waals surface area contributed by atoms with Gasteiger partial charge in [-0.2, -0.15) is 0 Å². The van der Waals surface area contributed by atoms with Gasteiger partial charge in [-0.1, -0.05) is 24.6 Å². The lowest BCUT2D eigenvalue weighted by molar-refractivity contribution is 0.415. The van der Waals surface area contributed by atoms with Crippen molar-refractivity contribution < 1.29 is 4.74 Å². The van der Waals surface area contributed by atoms with Crippen molar-refractivity contribution in [3.05, 3.63) is 53.3 Å². The lowest BCUT2D eigenvalue weighted by Gasteiger charge is -2.11. The number of methoxy groups -OCH3 is 1. The van der Waals surface area contributed by atoms with Crippen molar-refractivity contribution in [3.8, 4) is 17.0 Å². The van der Waals surface area contributed by atoms with Crippen LogP contribution in [0.1, 0.15) is 12.6 Å². The summed E-state index contributed by atoms with van der Waals surface area (Å²) in [5, 5.41) is 1.53. The molecule has 0 N–H and O–H groups in total. The second-order valence-corrected chi connectivity index (χ2v) is 5.09. The number of hydrogen-bond acceptors (Lipinski definition) is 3. The number of hydrogen-bond donors (Lipinski definition) is 0. The molecule has 0 aliphatic carbocycles. The zero-order chi connectivity index (χ0) is 14.8. The van der Waals surface area contributed by atoms with Crippen LogP contribution in [0, 0.1) is 0 Å². The Hall–Kier alpha value is -2.13. The Morgan fingerprint density at radius 3 is 2.71 bits per heavy atom. The molecule has 4 heteroatoms. The fourth-order valence-corrected chi connectivity index (χ4v) is 2.65. The molecule has 0 saturated carbocycles. The van der Waals surface area contributed by atoms with Gasteiger partial charge in [0.15, 0.2) is 0 Å². The average Bonchev–Trinajstić information content (AvgIpc) is 2.55. The molecule has 2 heterocycles. The number of halogens is 1. The minimum Gasteiger partial charge on any atom is -0.495 e. The molecule has 3 rings (SSSR count). The van der Waals surface area contributed by atoms with Gasteiger partial charge in [-0.25, -0.2) is 0 Å². The van der Waals surface area contributed by atoms with E-state index in [0.717, 1.165) is 34.3 Å². The molecule has 0 unspecified atom stereocenters. The van der Waals surface area contributed by atoms with Crippen LogP contribution in [0.25, 0.3) is 22.2 Å². The van der Waals surface area contributed by atoms with Crippen molar-refractivity contribution in [1.29, 1.82) is 0 Å². The number of rotatable bonds is 3. The maximum atomic E-state index is 6.42. The maximum absolute atomic E-state index is 6.42. The van der Waals surface area contributed by atoms with Gasteiger partial charge >= 0.3 is 0 Å². The molecule has 0 radical (unpaired) electrons. The molecule has 0 atom stereocenters. The molecule has 0 fully saturated rings. The molecule has 0 aliphatic rings. The first-order valence-electron chi connectivity index (χ1n) is 6.82. The third-order valence-corrected chi connectivity index (χ3v) is 3.83. The van der Waals surface area contributed by atoms with Crippen LogP contribution < -0.4 is 4.74 Å². The topological polar surface area (TPSA) is 35.0 Å². The molecule has 0 spiro atoms. The fraction of sp³-hybridized carbons (Fsp3) is 0.176. The maximum Gasteiger partial charge on any atom is 0.139 e. The van der Waals surface area contributed by atoms with Crippen LogP contribution in [-0.2, 0) is 6.42 Å². The summed E-state index contributed by atoms with van der Waals surface area (Å²) in [6, 6.07) is 11.8. The van der Waals surface area contributed by atoms with E-state index in [9.17, 15) is 0 Å². The highest BCUT2D eigenvalue weighted by Gasteiger charge is 2.13. The normalized spacial score (nSPS) is 10.8. The highest BCUT2D eigenvalue weighted by atomic mass is 35.5. The summed E-state index contributed by atoms with van der Waals surface area (Å²) in [5.41, 5.74) is 3.71. The van der Waals surface area contributed by atoms with E-state index in [2.05, 4.69) is 23.0 Å². The minimum absolute atomic E-state index is 0.544. The number of ether oxygens (including phenoxy) is 1. The number of pyridine rings is 2. The van der Waals surface area contributed by atoms with Gasteiger partial charge in [0.2, 0.25) is 0 Å². The Morgan fingerprint density at radius 1 is 1.19 bits per heavy atom. The molecule has 0 bridgehead atoms. The lowest BCUT2D eigenvalue weighted by atomic mass is 10.0. The first kappa shape index (κ1) is 13.8. The van der Waals surface area contributed by atoms with Crippen LogP contribution >= 0.6 is 11.6 Å².